The number of piperidine rings is 1. The van der Waals surface area contributed by atoms with Crippen molar-refractivity contribution in [1.82, 2.24) is 34.8 Å². The average Bonchev–Trinajstić information content (AvgIpc) is 3.88. The molecule has 0 aromatic carbocycles. The smallest absolute Gasteiger partial charge is 0.303 e. The third-order valence-corrected chi connectivity index (χ3v) is 17.8. The molecule has 2 heterocycles. The zero-order valence-corrected chi connectivity index (χ0v) is 39.8. The molecule has 6 aliphatic rings. The molecule has 0 aromatic rings. The van der Waals surface area contributed by atoms with Gasteiger partial charge in [0, 0.05) is 25.7 Å². The largest absolute Gasteiger partial charge is 0.343 e. The summed E-state index contributed by atoms with van der Waals surface area (Å²) in [6.07, 6.45) is 12.3. The van der Waals surface area contributed by atoms with E-state index < -0.39 is 51.1 Å². The third kappa shape index (κ3) is 9.54. The minimum atomic E-state index is -4.09. The molecule has 1 spiro atoms. The van der Waals surface area contributed by atoms with Crippen molar-refractivity contribution in [1.29, 1.82) is 0 Å². The summed E-state index contributed by atoms with van der Waals surface area (Å²) in [6, 6.07) is -3.03. The van der Waals surface area contributed by atoms with Gasteiger partial charge in [-0.15, -0.1) is 0 Å². The van der Waals surface area contributed by atoms with E-state index in [1.807, 2.05) is 34.6 Å². The fourth-order valence-electron chi connectivity index (χ4n) is 11.9. The lowest BCUT2D eigenvalue weighted by Gasteiger charge is -2.41. The molecule has 4 N–H and O–H groups in total. The Labute approximate surface area is 366 Å². The maximum absolute atomic E-state index is 15.3. The van der Waals surface area contributed by atoms with Crippen molar-refractivity contribution in [2.75, 3.05) is 26.2 Å². The molecule has 6 fully saturated rings. The molecule has 0 bridgehead atoms. The topological polar surface area (TPSA) is 177 Å². The quantitative estimate of drug-likeness (QED) is 0.170. The molecule has 2 saturated heterocycles. The minimum absolute atomic E-state index is 0.0241. The molecule has 5 amide bonds. The van der Waals surface area contributed by atoms with Gasteiger partial charge >= 0.3 is 10.2 Å². The lowest BCUT2D eigenvalue weighted by Crippen LogP contribution is -2.64. The number of nitrogens with one attached hydrogen (secondary N) is 4. The van der Waals surface area contributed by atoms with Crippen molar-refractivity contribution in [2.24, 2.45) is 39.9 Å². The van der Waals surface area contributed by atoms with E-state index in [1.165, 1.54) is 4.31 Å². The van der Waals surface area contributed by atoms with Crippen molar-refractivity contribution in [2.45, 2.75) is 195 Å². The first-order valence-electron chi connectivity index (χ1n) is 23.8. The number of rotatable bonds is 16. The summed E-state index contributed by atoms with van der Waals surface area (Å²) in [7, 11) is -4.09. The van der Waals surface area contributed by atoms with E-state index in [0.29, 0.717) is 19.6 Å². The Morgan fingerprint density at radius 1 is 0.787 bits per heavy atom. The van der Waals surface area contributed by atoms with Crippen LogP contribution >= 0.6 is 0 Å². The lowest BCUT2D eigenvalue weighted by molar-refractivity contribution is -0.147. The molecule has 346 valence electrons. The Morgan fingerprint density at radius 2 is 1.39 bits per heavy atom. The maximum Gasteiger partial charge on any atom is 0.303 e. The molecule has 2 aliphatic heterocycles. The second-order valence-electron chi connectivity index (χ2n) is 22.0. The second-order valence-corrected chi connectivity index (χ2v) is 23.7. The van der Waals surface area contributed by atoms with Gasteiger partial charge in [0.25, 0.3) is 5.91 Å². The summed E-state index contributed by atoms with van der Waals surface area (Å²) in [6.45, 7) is 21.7. The van der Waals surface area contributed by atoms with Gasteiger partial charge in [0.15, 0.2) is 0 Å². The molecule has 15 heteroatoms. The van der Waals surface area contributed by atoms with Crippen LogP contribution in [0.15, 0.2) is 0 Å². The van der Waals surface area contributed by atoms with Crippen LogP contribution in [-0.2, 0) is 34.2 Å². The molecule has 7 atom stereocenters. The Kier molecular flexibility index (Phi) is 14.1. The van der Waals surface area contributed by atoms with Crippen LogP contribution in [0.3, 0.4) is 0 Å². The fraction of sp³-hybridized carbons (Fsp3) is 0.891. The molecule has 0 aromatic heterocycles. The van der Waals surface area contributed by atoms with Crippen molar-refractivity contribution < 1.29 is 32.4 Å². The van der Waals surface area contributed by atoms with Crippen LogP contribution in [0, 0.1) is 39.9 Å². The van der Waals surface area contributed by atoms with Gasteiger partial charge in [-0.2, -0.15) is 12.7 Å². The highest BCUT2D eigenvalue weighted by molar-refractivity contribution is 7.87. The van der Waals surface area contributed by atoms with Gasteiger partial charge < -0.3 is 20.9 Å². The fourth-order valence-corrected chi connectivity index (χ4v) is 13.2. The first-order chi connectivity index (χ1) is 28.5. The molecule has 6 rings (SSSR count). The predicted molar refractivity (Wildman–Crippen MR) is 236 cm³/mol. The summed E-state index contributed by atoms with van der Waals surface area (Å²) in [5.74, 6) is -2.47. The van der Waals surface area contributed by atoms with Gasteiger partial charge in [-0.1, -0.05) is 80.6 Å². The molecule has 7 unspecified atom stereocenters. The second kappa shape index (κ2) is 18.0. The number of likely N-dealkylation sites (tertiary alicyclic amines) is 1. The summed E-state index contributed by atoms with van der Waals surface area (Å²) in [5, 5.41) is 9.36. The van der Waals surface area contributed by atoms with Crippen molar-refractivity contribution in [3.05, 3.63) is 0 Å². The Morgan fingerprint density at radius 3 is 1.92 bits per heavy atom. The molecule has 61 heavy (non-hydrogen) atoms. The first kappa shape index (κ1) is 47.7. The van der Waals surface area contributed by atoms with Crippen LogP contribution in [-0.4, -0.2) is 114 Å². The Balaban J connectivity index is 1.27. The Bertz CT molecular complexity index is 1760. The zero-order chi connectivity index (χ0) is 44.9. The van der Waals surface area contributed by atoms with Crippen LogP contribution < -0.4 is 20.7 Å². The van der Waals surface area contributed by atoms with E-state index in [0.717, 1.165) is 90.0 Å². The molecule has 0 radical (unpaired) electrons. The van der Waals surface area contributed by atoms with Crippen LogP contribution in [0.25, 0.3) is 0 Å². The van der Waals surface area contributed by atoms with Gasteiger partial charge in [-0.3, -0.25) is 28.9 Å². The van der Waals surface area contributed by atoms with E-state index in [2.05, 4.69) is 53.3 Å². The van der Waals surface area contributed by atoms with Crippen LogP contribution in [0.4, 0.5) is 0 Å². The highest BCUT2D eigenvalue weighted by Crippen LogP contribution is 2.78. The van der Waals surface area contributed by atoms with Gasteiger partial charge in [-0.05, 0) is 125 Å². The summed E-state index contributed by atoms with van der Waals surface area (Å²) >= 11 is 0. The van der Waals surface area contributed by atoms with Gasteiger partial charge in [0.2, 0.25) is 23.6 Å². The lowest BCUT2D eigenvalue weighted by atomic mass is 9.75. The average molecular weight is 874 g/mol. The van der Waals surface area contributed by atoms with Crippen molar-refractivity contribution in [3.8, 4) is 0 Å². The SMILES string of the molecule is CC(C)C1CC1(NC(=O)C(C)N(CC1C(C)(C)C12CCC2)C(=O)C(NC(=O)C(NC(=O)C1CCCCN1C(C)C)C1CCCCC1)C(C)(C)C)C(=O)NS(=O)(=O)N1CCCC1. The predicted octanol–water partition coefficient (Wildman–Crippen LogP) is 4.88. The van der Waals surface area contributed by atoms with Gasteiger partial charge in [-0.25, -0.2) is 4.72 Å². The highest BCUT2D eigenvalue weighted by atomic mass is 32.2. The number of carbonyl (C=O) groups excluding carboxylic acids is 5. The maximum atomic E-state index is 15.3. The van der Waals surface area contributed by atoms with Crippen LogP contribution in [0.1, 0.15) is 159 Å². The summed E-state index contributed by atoms with van der Waals surface area (Å²) in [4.78, 5) is 76.6. The van der Waals surface area contributed by atoms with E-state index in [1.54, 1.807) is 11.8 Å². The van der Waals surface area contributed by atoms with Crippen LogP contribution in [0.5, 0.6) is 0 Å². The molecular formula is C46H79N7O7S. The van der Waals surface area contributed by atoms with Crippen molar-refractivity contribution >= 4 is 39.7 Å². The van der Waals surface area contributed by atoms with E-state index in [-0.39, 0.29) is 70.7 Å². The minimum Gasteiger partial charge on any atom is -0.343 e. The molecule has 4 aliphatic carbocycles. The van der Waals surface area contributed by atoms with E-state index in [4.69, 9.17) is 0 Å². The number of hydrogen-bond acceptors (Lipinski definition) is 8. The number of carbonyl (C=O) groups is 5. The number of amides is 5. The van der Waals surface area contributed by atoms with E-state index in [9.17, 15) is 27.6 Å². The molecule has 4 saturated carbocycles. The number of nitrogens with zero attached hydrogens (tertiary/aromatic N) is 3. The number of hydrogen-bond donors (Lipinski definition) is 4. The monoisotopic (exact) mass is 874 g/mol. The van der Waals surface area contributed by atoms with Gasteiger partial charge in [0.05, 0.1) is 6.04 Å². The first-order valence-corrected chi connectivity index (χ1v) is 25.2. The molecular weight excluding hydrogens is 795 g/mol. The van der Waals surface area contributed by atoms with E-state index >= 15 is 4.79 Å². The standard InChI is InChI=1S/C46H79N7O7S/c1-29(2)33-27-46(33,42(58)50-61(59,60)51-24-16-17-25-51)49-38(54)31(5)53(28-35-44(9,10)45(35)22-18-23-45)41(57)37(43(6,7)8)48-40(56)36(32-19-12-11-13-20-32)47-39(55)34-21-14-15-26-52(34)30(3)4/h29-37H,11-28H2,1-10H3,(H,47,55)(H,48,56)(H,49,54)(H,50,58). The van der Waals surface area contributed by atoms with Gasteiger partial charge in [0.1, 0.15) is 23.7 Å². The normalized spacial score (nSPS) is 29.3. The third-order valence-electron chi connectivity index (χ3n) is 16.3. The summed E-state index contributed by atoms with van der Waals surface area (Å²) in [5.41, 5.74) is -2.20. The summed E-state index contributed by atoms with van der Waals surface area (Å²) < 4.78 is 30.1. The molecule has 14 nitrogen and oxygen atoms in total. The van der Waals surface area contributed by atoms with Crippen molar-refractivity contribution in [3.63, 3.8) is 0 Å². The highest BCUT2D eigenvalue weighted by Gasteiger charge is 2.73. The zero-order valence-electron chi connectivity index (χ0n) is 39.0. The Hall–Kier alpha value is -2.78. The van der Waals surface area contributed by atoms with Crippen LogP contribution in [0.2, 0.25) is 0 Å².